The van der Waals surface area contributed by atoms with Crippen LogP contribution in [0, 0.1) is 11.3 Å². The van der Waals surface area contributed by atoms with Crippen molar-refractivity contribution < 1.29 is 24.9 Å². The zero-order valence-corrected chi connectivity index (χ0v) is 19.2. The third-order valence-corrected chi connectivity index (χ3v) is 9.30. The Morgan fingerprint density at radius 1 is 1.12 bits per heavy atom. The molecule has 5 nitrogen and oxygen atoms in total. The molecule has 0 aromatic carbocycles. The zero-order chi connectivity index (χ0) is 18.7. The van der Waals surface area contributed by atoms with Gasteiger partial charge >= 0.3 is 11.9 Å². The smallest absolute Gasteiger partial charge is 0.315 e. The first kappa shape index (κ1) is 22.3. The number of carboxylic acid groups (broad SMARTS) is 2. The van der Waals surface area contributed by atoms with Crippen LogP contribution in [0.15, 0.2) is 17.9 Å². The summed E-state index contributed by atoms with van der Waals surface area (Å²) in [6.07, 6.45) is 1.85. The van der Waals surface area contributed by atoms with E-state index < -0.39 is 29.4 Å². The van der Waals surface area contributed by atoms with Crippen LogP contribution in [-0.4, -0.2) is 33.4 Å². The highest BCUT2D eigenvalue weighted by Gasteiger charge is 2.56. The highest BCUT2D eigenvalue weighted by Crippen LogP contribution is 2.57. The number of unbranched alkanes of at least 4 members (excludes halogenated alkanes) is 1. The number of rotatable bonds is 8. The van der Waals surface area contributed by atoms with Gasteiger partial charge in [-0.2, -0.15) is 0 Å². The quantitative estimate of drug-likeness (QED) is 0.362. The van der Waals surface area contributed by atoms with Gasteiger partial charge in [0.15, 0.2) is 0 Å². The summed E-state index contributed by atoms with van der Waals surface area (Å²) in [5, 5.41) is 29.6. The number of carbonyl (C=O) groups is 2. The molecule has 0 aromatic heterocycles. The van der Waals surface area contributed by atoms with Crippen molar-refractivity contribution in [2.24, 2.45) is 11.3 Å². The summed E-state index contributed by atoms with van der Waals surface area (Å²) in [4.78, 5) is 24.0. The summed E-state index contributed by atoms with van der Waals surface area (Å²) in [5.41, 5.74) is -1.70. The summed E-state index contributed by atoms with van der Waals surface area (Å²) in [5.74, 6) is -3.81. The first-order valence-corrected chi connectivity index (χ1v) is 10.5. The number of halogens is 4. The predicted molar refractivity (Wildman–Crippen MR) is 106 cm³/mol. The fourth-order valence-electron chi connectivity index (χ4n) is 2.74. The van der Waals surface area contributed by atoms with Crippen LogP contribution >= 0.6 is 63.7 Å². The van der Waals surface area contributed by atoms with Gasteiger partial charge < -0.3 is 15.3 Å². The Morgan fingerprint density at radius 2 is 1.71 bits per heavy atom. The number of aliphatic hydroxyl groups is 1. The van der Waals surface area contributed by atoms with Gasteiger partial charge in [0.05, 0.1) is 6.10 Å². The molecule has 1 aliphatic carbocycles. The molecule has 9 heteroatoms. The number of hydrogen-bond donors (Lipinski definition) is 3. The summed E-state index contributed by atoms with van der Waals surface area (Å²) in [6, 6.07) is 0. The second-order valence-electron chi connectivity index (χ2n) is 5.67. The Kier molecular flexibility index (Phi) is 8.66. The molecule has 0 radical (unpaired) electrons. The van der Waals surface area contributed by atoms with Crippen molar-refractivity contribution >= 4 is 75.7 Å². The van der Waals surface area contributed by atoms with Crippen molar-refractivity contribution in [3.63, 3.8) is 0 Å². The van der Waals surface area contributed by atoms with Gasteiger partial charge in [0.2, 0.25) is 0 Å². The summed E-state index contributed by atoms with van der Waals surface area (Å²) < 4.78 is 1.38. The average Bonchev–Trinajstić information content (AvgIpc) is 2.52. The third-order valence-electron chi connectivity index (χ3n) is 4.12. The molecule has 0 fully saturated rings. The molecule has 1 aliphatic rings. The van der Waals surface area contributed by atoms with Crippen molar-refractivity contribution in [2.75, 3.05) is 0 Å². The first-order chi connectivity index (χ1) is 11.1. The Balaban J connectivity index is 3.31. The Bertz CT molecular complexity index is 586. The first-order valence-electron chi connectivity index (χ1n) is 7.36. The maximum Gasteiger partial charge on any atom is 0.315 e. The third kappa shape index (κ3) is 4.34. The fourth-order valence-corrected chi connectivity index (χ4v) is 5.85. The fraction of sp³-hybridized carbons (Fsp3) is 0.600. The maximum absolute atomic E-state index is 12.1. The Hall–Kier alpha value is 0.300. The van der Waals surface area contributed by atoms with Crippen LogP contribution in [0.5, 0.6) is 0 Å². The van der Waals surface area contributed by atoms with E-state index in [2.05, 4.69) is 63.7 Å². The van der Waals surface area contributed by atoms with E-state index in [1.54, 1.807) is 0 Å². The lowest BCUT2D eigenvalue weighted by Gasteiger charge is -2.39. The topological polar surface area (TPSA) is 94.8 Å². The van der Waals surface area contributed by atoms with E-state index in [0.717, 1.165) is 12.8 Å². The lowest BCUT2D eigenvalue weighted by Crippen LogP contribution is -2.46. The second-order valence-corrected chi connectivity index (χ2v) is 8.91. The molecule has 3 N–H and O–H groups in total. The number of hydrogen-bond acceptors (Lipinski definition) is 3. The van der Waals surface area contributed by atoms with E-state index in [4.69, 9.17) is 0 Å². The molecule has 0 aliphatic heterocycles. The highest BCUT2D eigenvalue weighted by atomic mass is 79.9. The van der Waals surface area contributed by atoms with E-state index in [1.165, 1.54) is 0 Å². The van der Waals surface area contributed by atoms with Crippen LogP contribution in [-0.2, 0) is 9.59 Å². The SMILES string of the molecule is CCCCC(O)CCC1(C(=O)O)C(Br)=C(Br)C(Br)=C(Br)C1C(=O)O. The molecule has 0 bridgehead atoms. The van der Waals surface area contributed by atoms with E-state index in [0.29, 0.717) is 15.4 Å². The van der Waals surface area contributed by atoms with Crippen LogP contribution in [0.3, 0.4) is 0 Å². The minimum absolute atomic E-state index is 0.00472. The molecule has 0 amide bonds. The molecule has 24 heavy (non-hydrogen) atoms. The Labute approximate surface area is 174 Å². The van der Waals surface area contributed by atoms with Gasteiger partial charge in [0.1, 0.15) is 11.3 Å². The van der Waals surface area contributed by atoms with E-state index in [-0.39, 0.29) is 21.8 Å². The molecule has 3 atom stereocenters. The van der Waals surface area contributed by atoms with Crippen LogP contribution in [0.25, 0.3) is 0 Å². The van der Waals surface area contributed by atoms with Crippen molar-refractivity contribution in [1.82, 2.24) is 0 Å². The molecule has 0 spiro atoms. The number of aliphatic carboxylic acids is 2. The molecule has 0 saturated carbocycles. The predicted octanol–water partition coefficient (Wildman–Crippen LogP) is 5.11. The lowest BCUT2D eigenvalue weighted by atomic mass is 9.69. The molecule has 136 valence electrons. The van der Waals surface area contributed by atoms with Gasteiger partial charge in [-0.3, -0.25) is 9.59 Å². The van der Waals surface area contributed by atoms with Crippen LogP contribution in [0.1, 0.15) is 39.0 Å². The summed E-state index contributed by atoms with van der Waals surface area (Å²) in [6.45, 7) is 2.00. The second kappa shape index (κ2) is 9.30. The maximum atomic E-state index is 12.1. The van der Waals surface area contributed by atoms with Crippen LogP contribution in [0.4, 0.5) is 0 Å². The summed E-state index contributed by atoms with van der Waals surface area (Å²) >= 11 is 13.1. The molecular weight excluding hydrogens is 580 g/mol. The molecule has 0 heterocycles. The monoisotopic (exact) mass is 594 g/mol. The number of aliphatic hydroxyl groups excluding tert-OH is 1. The standard InChI is InChI=1S/C15H18Br4O5/c1-2-3-4-7(20)5-6-15(14(23)24)8(13(21)22)9(16)10(17)11(18)12(15)19/h7-8,20H,2-6H2,1H3,(H,21,22)(H,23,24). The minimum atomic E-state index is -1.70. The van der Waals surface area contributed by atoms with Gasteiger partial charge in [-0.25, -0.2) is 0 Å². The summed E-state index contributed by atoms with van der Waals surface area (Å²) in [7, 11) is 0. The molecule has 1 rings (SSSR count). The van der Waals surface area contributed by atoms with Crippen molar-refractivity contribution in [3.05, 3.63) is 17.9 Å². The Morgan fingerprint density at radius 3 is 2.17 bits per heavy atom. The van der Waals surface area contributed by atoms with Crippen LogP contribution < -0.4 is 0 Å². The van der Waals surface area contributed by atoms with Gasteiger partial charge in [-0.05, 0) is 51.1 Å². The lowest BCUT2D eigenvalue weighted by molar-refractivity contribution is -0.158. The van der Waals surface area contributed by atoms with Crippen molar-refractivity contribution in [3.8, 4) is 0 Å². The van der Waals surface area contributed by atoms with E-state index in [9.17, 15) is 24.9 Å². The van der Waals surface area contributed by atoms with Gasteiger partial charge in [0, 0.05) is 17.9 Å². The number of allylic oxidation sites excluding steroid dienone is 2. The van der Waals surface area contributed by atoms with Gasteiger partial charge in [-0.15, -0.1) is 0 Å². The molecular formula is C15H18Br4O5. The van der Waals surface area contributed by atoms with E-state index >= 15 is 0 Å². The van der Waals surface area contributed by atoms with Crippen molar-refractivity contribution in [2.45, 2.75) is 45.1 Å². The highest BCUT2D eigenvalue weighted by molar-refractivity contribution is 9.17. The molecule has 3 unspecified atom stereocenters. The van der Waals surface area contributed by atoms with Gasteiger partial charge in [-0.1, -0.05) is 51.6 Å². The molecule has 0 saturated heterocycles. The normalized spacial score (nSPS) is 25.8. The average molecular weight is 598 g/mol. The zero-order valence-electron chi connectivity index (χ0n) is 12.9. The molecule has 0 aromatic rings. The minimum Gasteiger partial charge on any atom is -0.481 e. The largest absolute Gasteiger partial charge is 0.481 e. The van der Waals surface area contributed by atoms with Gasteiger partial charge in [0.25, 0.3) is 0 Å². The van der Waals surface area contributed by atoms with E-state index in [1.807, 2.05) is 6.92 Å². The van der Waals surface area contributed by atoms with Crippen molar-refractivity contribution in [1.29, 1.82) is 0 Å². The number of carboxylic acids is 2. The van der Waals surface area contributed by atoms with Crippen LogP contribution in [0.2, 0.25) is 0 Å².